The number of hydrogen-bond acceptors (Lipinski definition) is 3. The summed E-state index contributed by atoms with van der Waals surface area (Å²) in [5, 5.41) is 0. The Labute approximate surface area is 264 Å². The Balaban J connectivity index is 4.25. The lowest BCUT2D eigenvalue weighted by Gasteiger charge is -2.36. The van der Waals surface area contributed by atoms with Crippen LogP contribution < -0.4 is 5.73 Å². The molecule has 0 radical (unpaired) electrons. The Kier molecular flexibility index (Phi) is 29.8. The van der Waals surface area contributed by atoms with Crippen molar-refractivity contribution in [3.05, 3.63) is 0 Å². The van der Waals surface area contributed by atoms with E-state index >= 15 is 0 Å². The Hall–Kier alpha value is -0.700. The molecule has 0 fully saturated rings. The molecule has 0 saturated carbocycles. The molecular weight excluding hydrogens is 514 g/mol. The molecule has 0 aromatic heterocycles. The van der Waals surface area contributed by atoms with Crippen LogP contribution in [-0.2, 0) is 9.59 Å². The first-order valence-corrected chi connectivity index (χ1v) is 19.3. The minimum Gasteiger partial charge on any atom is -0.326 e. The van der Waals surface area contributed by atoms with Gasteiger partial charge in [0.15, 0.2) is 0 Å². The maximum absolute atomic E-state index is 13.6. The third-order valence-electron chi connectivity index (χ3n) is 9.80. The highest BCUT2D eigenvalue weighted by Crippen LogP contribution is 2.35. The zero-order valence-corrected chi connectivity index (χ0v) is 29.4. The first-order valence-electron chi connectivity index (χ1n) is 19.3. The van der Waals surface area contributed by atoms with E-state index in [0.29, 0.717) is 19.3 Å². The fourth-order valence-electron chi connectivity index (χ4n) is 6.84. The Bertz CT molecular complexity index is 559. The summed E-state index contributed by atoms with van der Waals surface area (Å²) in [6.07, 6.45) is 37.0. The van der Waals surface area contributed by atoms with Crippen molar-refractivity contribution in [1.29, 1.82) is 0 Å². The quantitative estimate of drug-likeness (QED) is 0.0598. The lowest BCUT2D eigenvalue weighted by Crippen LogP contribution is -2.52. The van der Waals surface area contributed by atoms with Crippen molar-refractivity contribution in [3.8, 4) is 0 Å². The number of nitrogens with two attached hydrogens (primary N) is 1. The molecule has 250 valence electrons. The van der Waals surface area contributed by atoms with Crippen LogP contribution in [0.3, 0.4) is 0 Å². The van der Waals surface area contributed by atoms with Crippen molar-refractivity contribution in [3.63, 3.8) is 0 Å². The topological polar surface area (TPSA) is 60.2 Å². The minimum atomic E-state index is -0.954. The van der Waals surface area contributed by atoms with Gasteiger partial charge in [0.25, 0.3) is 0 Å². The normalized spacial score (nSPS) is 12.6. The van der Waals surface area contributed by atoms with Crippen LogP contribution in [0.15, 0.2) is 0 Å². The van der Waals surface area contributed by atoms with Crippen molar-refractivity contribution in [1.82, 2.24) is 0 Å². The van der Waals surface area contributed by atoms with Crippen LogP contribution in [0.4, 0.5) is 0 Å². The molecule has 42 heavy (non-hydrogen) atoms. The predicted octanol–water partition coefficient (Wildman–Crippen LogP) is 12.6. The van der Waals surface area contributed by atoms with E-state index in [2.05, 4.69) is 20.8 Å². The zero-order valence-electron chi connectivity index (χ0n) is 29.4. The summed E-state index contributed by atoms with van der Waals surface area (Å²) in [7, 11) is 0. The highest BCUT2D eigenvalue weighted by molar-refractivity contribution is 6.07. The molecule has 0 rings (SSSR count). The molecule has 3 heteroatoms. The maximum Gasteiger partial charge on any atom is 0.147 e. The number of carbonyl (C=O) groups excluding carboxylic acids is 2. The highest BCUT2D eigenvalue weighted by Gasteiger charge is 2.46. The molecule has 2 N–H and O–H groups in total. The van der Waals surface area contributed by atoms with Gasteiger partial charge in [-0.3, -0.25) is 9.59 Å². The maximum atomic E-state index is 13.6. The molecule has 0 saturated heterocycles. The standard InChI is InChI=1S/C39H77NO2/c1-5-9-11-13-15-17-19-21-23-25-27-29-31-34-37(41)39(8-4,36(40)33-7-3)38(42)35-32-30-28-26-24-22-20-18-16-14-12-10-6-2/h36H,5-35,40H2,1-4H3. The van der Waals surface area contributed by atoms with Gasteiger partial charge in [0.1, 0.15) is 17.0 Å². The molecule has 0 heterocycles. The van der Waals surface area contributed by atoms with E-state index in [4.69, 9.17) is 5.73 Å². The van der Waals surface area contributed by atoms with Crippen molar-refractivity contribution >= 4 is 11.6 Å². The number of Topliss-reactive ketones (excluding diaryl/α,β-unsaturated/α-hetero) is 2. The van der Waals surface area contributed by atoms with Gasteiger partial charge in [0.2, 0.25) is 0 Å². The monoisotopic (exact) mass is 592 g/mol. The number of carbonyl (C=O) groups is 2. The van der Waals surface area contributed by atoms with Crippen LogP contribution in [-0.4, -0.2) is 17.6 Å². The Morgan fingerprint density at radius 3 is 0.929 bits per heavy atom. The Morgan fingerprint density at radius 2 is 0.690 bits per heavy atom. The lowest BCUT2D eigenvalue weighted by molar-refractivity contribution is -0.143. The predicted molar refractivity (Wildman–Crippen MR) is 186 cm³/mol. The summed E-state index contributed by atoms with van der Waals surface area (Å²) in [4.78, 5) is 27.2. The second-order valence-corrected chi connectivity index (χ2v) is 13.6. The van der Waals surface area contributed by atoms with E-state index in [1.54, 1.807) is 0 Å². The van der Waals surface area contributed by atoms with Crippen LogP contribution in [0.5, 0.6) is 0 Å². The molecule has 0 aromatic carbocycles. The molecule has 1 unspecified atom stereocenters. The second-order valence-electron chi connectivity index (χ2n) is 13.6. The van der Waals surface area contributed by atoms with Gasteiger partial charge in [-0.1, -0.05) is 188 Å². The van der Waals surface area contributed by atoms with Crippen LogP contribution in [0, 0.1) is 5.41 Å². The average Bonchev–Trinajstić information content (AvgIpc) is 2.98. The van der Waals surface area contributed by atoms with Crippen LogP contribution in [0.2, 0.25) is 0 Å². The van der Waals surface area contributed by atoms with Gasteiger partial charge in [-0.15, -0.1) is 0 Å². The molecule has 0 bridgehead atoms. The summed E-state index contributed by atoms with van der Waals surface area (Å²) in [6, 6.07) is -0.337. The van der Waals surface area contributed by atoms with Crippen LogP contribution in [0.1, 0.15) is 227 Å². The fourth-order valence-corrected chi connectivity index (χ4v) is 6.84. The Morgan fingerprint density at radius 1 is 0.429 bits per heavy atom. The second kappa shape index (κ2) is 30.3. The minimum absolute atomic E-state index is 0.133. The summed E-state index contributed by atoms with van der Waals surface area (Å²) < 4.78 is 0. The van der Waals surface area contributed by atoms with E-state index in [0.717, 1.165) is 38.5 Å². The van der Waals surface area contributed by atoms with E-state index in [1.165, 1.54) is 141 Å². The number of unbranched alkanes of at least 4 members (excludes halogenated alkanes) is 24. The molecule has 0 aromatic rings. The van der Waals surface area contributed by atoms with Gasteiger partial charge in [-0.2, -0.15) is 0 Å². The molecule has 0 amide bonds. The zero-order chi connectivity index (χ0) is 31.2. The van der Waals surface area contributed by atoms with Crippen molar-refractivity contribution in [2.45, 2.75) is 233 Å². The van der Waals surface area contributed by atoms with E-state index in [-0.39, 0.29) is 17.6 Å². The first-order chi connectivity index (χ1) is 20.5. The van der Waals surface area contributed by atoms with Gasteiger partial charge in [0.05, 0.1) is 0 Å². The molecular formula is C39H77NO2. The first kappa shape index (κ1) is 41.3. The van der Waals surface area contributed by atoms with Gasteiger partial charge in [0, 0.05) is 18.9 Å². The SMILES string of the molecule is CCCCCCCCCCCCCCCC(=O)C(CC)(C(=O)CCCCCCCCCCCCCCC)C(N)CCC. The average molecular weight is 592 g/mol. The van der Waals surface area contributed by atoms with Gasteiger partial charge in [-0.25, -0.2) is 0 Å². The molecule has 1 atom stereocenters. The van der Waals surface area contributed by atoms with Gasteiger partial charge >= 0.3 is 0 Å². The van der Waals surface area contributed by atoms with Crippen LogP contribution >= 0.6 is 0 Å². The van der Waals surface area contributed by atoms with Gasteiger partial charge < -0.3 is 5.73 Å². The summed E-state index contributed by atoms with van der Waals surface area (Å²) in [5.74, 6) is 0.266. The summed E-state index contributed by atoms with van der Waals surface area (Å²) in [5.41, 5.74) is 5.67. The third kappa shape index (κ3) is 20.3. The van der Waals surface area contributed by atoms with Crippen molar-refractivity contribution in [2.75, 3.05) is 0 Å². The third-order valence-corrected chi connectivity index (χ3v) is 9.80. The summed E-state index contributed by atoms with van der Waals surface area (Å²) >= 11 is 0. The fraction of sp³-hybridized carbons (Fsp3) is 0.949. The smallest absolute Gasteiger partial charge is 0.147 e. The van der Waals surface area contributed by atoms with Crippen LogP contribution in [0.25, 0.3) is 0 Å². The lowest BCUT2D eigenvalue weighted by atomic mass is 9.67. The summed E-state index contributed by atoms with van der Waals surface area (Å²) in [6.45, 7) is 8.67. The number of rotatable bonds is 34. The molecule has 0 spiro atoms. The molecule has 0 aliphatic heterocycles. The van der Waals surface area contributed by atoms with E-state index < -0.39 is 5.41 Å². The van der Waals surface area contributed by atoms with Crippen molar-refractivity contribution in [2.24, 2.45) is 11.1 Å². The van der Waals surface area contributed by atoms with E-state index in [9.17, 15) is 9.59 Å². The van der Waals surface area contributed by atoms with Gasteiger partial charge in [-0.05, 0) is 25.7 Å². The van der Waals surface area contributed by atoms with Crippen molar-refractivity contribution < 1.29 is 9.59 Å². The largest absolute Gasteiger partial charge is 0.326 e. The van der Waals surface area contributed by atoms with E-state index in [1.807, 2.05) is 6.92 Å². The highest BCUT2D eigenvalue weighted by atomic mass is 16.2. The number of hydrogen-bond donors (Lipinski definition) is 1. The molecule has 0 aliphatic rings. The molecule has 3 nitrogen and oxygen atoms in total. The molecule has 0 aliphatic carbocycles. The number of ketones is 2.